The summed E-state index contributed by atoms with van der Waals surface area (Å²) in [6, 6.07) is 12.3. The van der Waals surface area contributed by atoms with Crippen LogP contribution in [0.2, 0.25) is 0 Å². The molecule has 1 aromatic heterocycles. The number of hydrogen-bond acceptors (Lipinski definition) is 7. The largest absolute Gasteiger partial charge is 0.480 e. The maximum Gasteiger partial charge on any atom is 0.326 e. The number of nitrogens with one attached hydrogen (secondary N) is 4. The van der Waals surface area contributed by atoms with Gasteiger partial charge in [-0.05, 0) is 48.5 Å². The van der Waals surface area contributed by atoms with Crippen LogP contribution in [-0.2, 0) is 32.0 Å². The number of H-pyrrole nitrogens is 1. The molecule has 3 amide bonds. The Morgan fingerprint density at radius 1 is 0.867 bits per heavy atom. The Kier molecular flexibility index (Phi) is 13.7. The van der Waals surface area contributed by atoms with Crippen molar-refractivity contribution in [2.45, 2.75) is 56.3 Å². The number of carboxylic acid groups (broad SMARTS) is 1. The zero-order valence-electron chi connectivity index (χ0n) is 25.2. The van der Waals surface area contributed by atoms with Crippen LogP contribution in [0, 0.1) is 0 Å². The number of carboxylic acids is 1. The van der Waals surface area contributed by atoms with Crippen LogP contribution in [0.4, 0.5) is 0 Å². The monoisotopic (exact) mass is 638 g/mol. The van der Waals surface area contributed by atoms with Crippen molar-refractivity contribution in [2.24, 2.45) is 22.2 Å². The minimum absolute atomic E-state index is 0.0437. The topological polar surface area (TPSA) is 231 Å². The fraction of sp³-hybridized carbons (Fsp3) is 0.387. The highest BCUT2D eigenvalue weighted by molar-refractivity contribution is 7.98. The Labute approximate surface area is 266 Å². The van der Waals surface area contributed by atoms with Crippen molar-refractivity contribution in [1.29, 1.82) is 0 Å². The first kappa shape index (κ1) is 34.9. The average Bonchev–Trinajstić information content (AvgIpc) is 3.43. The summed E-state index contributed by atoms with van der Waals surface area (Å²) in [5, 5.41) is 18.9. The molecule has 2 aromatic carbocycles. The number of aliphatic carboxylic acids is 1. The van der Waals surface area contributed by atoms with Crippen molar-refractivity contribution in [3.8, 4) is 0 Å². The fourth-order valence-corrected chi connectivity index (χ4v) is 5.23. The number of aromatic nitrogens is 1. The molecular weight excluding hydrogens is 596 g/mol. The molecule has 4 unspecified atom stereocenters. The second kappa shape index (κ2) is 17.7. The van der Waals surface area contributed by atoms with Crippen molar-refractivity contribution in [1.82, 2.24) is 20.9 Å². The van der Waals surface area contributed by atoms with Gasteiger partial charge in [0.25, 0.3) is 0 Å². The van der Waals surface area contributed by atoms with Crippen LogP contribution >= 0.6 is 11.8 Å². The van der Waals surface area contributed by atoms with Crippen LogP contribution in [0.3, 0.4) is 0 Å². The second-order valence-electron chi connectivity index (χ2n) is 10.6. The summed E-state index contributed by atoms with van der Waals surface area (Å²) in [5.41, 5.74) is 19.1. The van der Waals surface area contributed by atoms with Crippen LogP contribution in [0.5, 0.6) is 0 Å². The van der Waals surface area contributed by atoms with Crippen molar-refractivity contribution >= 4 is 52.3 Å². The molecule has 0 saturated carbocycles. The van der Waals surface area contributed by atoms with E-state index in [1.807, 2.05) is 60.9 Å². The summed E-state index contributed by atoms with van der Waals surface area (Å²) in [7, 11) is 0. The number of carbonyl (C=O) groups excluding carboxylic acids is 3. The number of nitrogens with two attached hydrogens (primary N) is 3. The molecule has 3 aromatic rings. The molecule has 0 saturated heterocycles. The van der Waals surface area contributed by atoms with Gasteiger partial charge in [-0.1, -0.05) is 48.5 Å². The lowest BCUT2D eigenvalue weighted by molar-refractivity contribution is -0.142. The van der Waals surface area contributed by atoms with E-state index in [-0.39, 0.29) is 31.6 Å². The molecule has 0 fully saturated rings. The summed E-state index contributed by atoms with van der Waals surface area (Å²) >= 11 is 1.48. The Morgan fingerprint density at radius 3 is 2.20 bits per heavy atom. The van der Waals surface area contributed by atoms with Gasteiger partial charge in [-0.15, -0.1) is 0 Å². The van der Waals surface area contributed by atoms with Crippen LogP contribution in [0.25, 0.3) is 10.9 Å². The summed E-state index contributed by atoms with van der Waals surface area (Å²) in [5.74, 6) is -2.50. The van der Waals surface area contributed by atoms with Gasteiger partial charge < -0.3 is 43.2 Å². The van der Waals surface area contributed by atoms with E-state index in [4.69, 9.17) is 17.2 Å². The van der Waals surface area contributed by atoms with E-state index in [9.17, 15) is 24.3 Å². The quantitative estimate of drug-likeness (QED) is 0.0554. The van der Waals surface area contributed by atoms with Gasteiger partial charge in [-0.25, -0.2) is 4.79 Å². The van der Waals surface area contributed by atoms with E-state index in [2.05, 4.69) is 25.9 Å². The maximum atomic E-state index is 13.6. The van der Waals surface area contributed by atoms with Crippen LogP contribution in [-0.4, -0.2) is 82.5 Å². The van der Waals surface area contributed by atoms with Gasteiger partial charge in [0.15, 0.2) is 5.96 Å². The smallest absolute Gasteiger partial charge is 0.326 e. The molecule has 0 aliphatic rings. The van der Waals surface area contributed by atoms with Crippen LogP contribution < -0.4 is 33.2 Å². The number of guanidine groups is 1. The highest BCUT2D eigenvalue weighted by atomic mass is 32.2. The molecular formula is C31H42N8O5S. The molecule has 45 heavy (non-hydrogen) atoms. The van der Waals surface area contributed by atoms with Gasteiger partial charge >= 0.3 is 5.97 Å². The number of hydrogen-bond donors (Lipinski definition) is 8. The number of fused-ring (bicyclic) bond motifs is 1. The molecule has 0 aliphatic heterocycles. The molecule has 14 heteroatoms. The number of aliphatic imine (C=N–C) groups is 1. The van der Waals surface area contributed by atoms with Gasteiger partial charge in [0, 0.05) is 36.5 Å². The predicted octanol–water partition coefficient (Wildman–Crippen LogP) is 0.626. The van der Waals surface area contributed by atoms with Crippen molar-refractivity contribution in [3.63, 3.8) is 0 Å². The lowest BCUT2D eigenvalue weighted by atomic mass is 10.0. The van der Waals surface area contributed by atoms with Gasteiger partial charge in [0.1, 0.15) is 18.1 Å². The molecule has 0 aliphatic carbocycles. The van der Waals surface area contributed by atoms with Crippen LogP contribution in [0.15, 0.2) is 65.8 Å². The number of nitrogens with zero attached hydrogens (tertiary/aromatic N) is 1. The molecule has 0 spiro atoms. The number of para-hydroxylation sites is 1. The van der Waals surface area contributed by atoms with E-state index < -0.39 is 47.9 Å². The summed E-state index contributed by atoms with van der Waals surface area (Å²) < 4.78 is 0. The Balaban J connectivity index is 1.73. The number of benzene rings is 2. The number of rotatable bonds is 18. The molecule has 0 bridgehead atoms. The first-order valence-electron chi connectivity index (χ1n) is 14.6. The minimum atomic E-state index is -1.23. The standard InChI is InChI=1S/C31H42N8O5S/c1-45-15-13-24(28(41)39-26(30(43)44)17-20-18-36-23-12-6-5-10-21(20)23)37-29(42)25(16-19-8-3-2-4-9-19)38-27(40)22(32)11-7-14-35-31(33)34/h2-6,8-10,12,18,22,24-26,36H,7,11,13-17,32H2,1H3,(H,37,42)(H,38,40)(H,39,41)(H,43,44)(H4,33,34,35). The second-order valence-corrected chi connectivity index (χ2v) is 11.6. The zero-order chi connectivity index (χ0) is 32.8. The third kappa shape index (κ3) is 11.1. The van der Waals surface area contributed by atoms with E-state index >= 15 is 0 Å². The Bertz CT molecular complexity index is 1460. The van der Waals surface area contributed by atoms with Crippen molar-refractivity contribution < 1.29 is 24.3 Å². The third-order valence-electron chi connectivity index (χ3n) is 7.18. The zero-order valence-corrected chi connectivity index (χ0v) is 26.0. The fourth-order valence-electron chi connectivity index (χ4n) is 4.76. The van der Waals surface area contributed by atoms with Crippen LogP contribution in [0.1, 0.15) is 30.4 Å². The summed E-state index contributed by atoms with van der Waals surface area (Å²) in [4.78, 5) is 59.2. The molecule has 3 rings (SSSR count). The molecule has 13 nitrogen and oxygen atoms in total. The highest BCUT2D eigenvalue weighted by Crippen LogP contribution is 2.19. The van der Waals surface area contributed by atoms with Gasteiger partial charge in [0.05, 0.1) is 6.04 Å². The van der Waals surface area contributed by atoms with Crippen molar-refractivity contribution in [3.05, 3.63) is 71.9 Å². The van der Waals surface area contributed by atoms with Gasteiger partial charge in [-0.2, -0.15) is 11.8 Å². The first-order valence-corrected chi connectivity index (χ1v) is 16.0. The first-order chi connectivity index (χ1) is 21.6. The molecule has 1 heterocycles. The normalized spacial score (nSPS) is 13.6. The van der Waals surface area contributed by atoms with Gasteiger partial charge in [-0.3, -0.25) is 19.4 Å². The SMILES string of the molecule is CSCCC(NC(=O)C(Cc1ccccc1)NC(=O)C(N)CCCN=C(N)N)C(=O)NC(Cc1c[nH]c2ccccc12)C(=O)O. The Hall–Kier alpha value is -4.56. The van der Waals surface area contributed by atoms with Crippen molar-refractivity contribution in [2.75, 3.05) is 18.6 Å². The third-order valence-corrected chi connectivity index (χ3v) is 7.82. The highest BCUT2D eigenvalue weighted by Gasteiger charge is 2.30. The number of amides is 3. The van der Waals surface area contributed by atoms with E-state index in [1.54, 1.807) is 6.20 Å². The minimum Gasteiger partial charge on any atom is -0.480 e. The molecule has 0 radical (unpaired) electrons. The lowest BCUT2D eigenvalue weighted by Crippen LogP contribution is -2.58. The van der Waals surface area contributed by atoms with E-state index in [0.717, 1.165) is 22.0 Å². The molecule has 11 N–H and O–H groups in total. The molecule has 242 valence electrons. The van der Waals surface area contributed by atoms with E-state index in [0.29, 0.717) is 18.7 Å². The predicted molar refractivity (Wildman–Crippen MR) is 176 cm³/mol. The van der Waals surface area contributed by atoms with Gasteiger partial charge in [0.2, 0.25) is 17.7 Å². The Morgan fingerprint density at radius 2 is 1.51 bits per heavy atom. The lowest BCUT2D eigenvalue weighted by Gasteiger charge is -2.25. The number of carbonyl (C=O) groups is 4. The average molecular weight is 639 g/mol. The van der Waals surface area contributed by atoms with E-state index in [1.165, 1.54) is 11.8 Å². The number of thioether (sulfide) groups is 1. The number of aromatic amines is 1. The summed E-state index contributed by atoms with van der Waals surface area (Å²) in [6.45, 7) is 0.307. The molecule has 4 atom stereocenters. The maximum absolute atomic E-state index is 13.6. The summed E-state index contributed by atoms with van der Waals surface area (Å²) in [6.07, 6.45) is 4.77.